The van der Waals surface area contributed by atoms with E-state index in [0.29, 0.717) is 6.04 Å². The summed E-state index contributed by atoms with van der Waals surface area (Å²) in [6.45, 7) is 10.2. The fourth-order valence-electron chi connectivity index (χ4n) is 2.43. The predicted octanol–water partition coefficient (Wildman–Crippen LogP) is 4.05. The molecular formula is C18H31NO2. The van der Waals surface area contributed by atoms with E-state index in [1.54, 1.807) is 14.2 Å². The molecule has 1 unspecified atom stereocenters. The Morgan fingerprint density at radius 2 is 1.76 bits per heavy atom. The lowest BCUT2D eigenvalue weighted by atomic mass is 9.79. The molecule has 0 heterocycles. The van der Waals surface area contributed by atoms with Crippen LogP contribution < -0.4 is 14.8 Å². The van der Waals surface area contributed by atoms with Crippen LogP contribution in [-0.2, 0) is 6.42 Å². The molecule has 0 saturated carbocycles. The first-order valence-electron chi connectivity index (χ1n) is 7.92. The number of hydrogen-bond acceptors (Lipinski definition) is 3. The normalized spacial score (nSPS) is 13.0. The van der Waals surface area contributed by atoms with E-state index >= 15 is 0 Å². The number of ether oxygens (including phenoxy) is 2. The lowest BCUT2D eigenvalue weighted by Gasteiger charge is -2.34. The Morgan fingerprint density at radius 3 is 2.29 bits per heavy atom. The van der Waals surface area contributed by atoms with E-state index in [1.807, 2.05) is 6.07 Å². The van der Waals surface area contributed by atoms with Crippen LogP contribution in [0.3, 0.4) is 0 Å². The average Bonchev–Trinajstić information content (AvgIpc) is 2.50. The Hall–Kier alpha value is -1.22. The Bertz CT molecular complexity index is 429. The Labute approximate surface area is 130 Å². The van der Waals surface area contributed by atoms with Gasteiger partial charge in [0.2, 0.25) is 0 Å². The second-order valence-corrected chi connectivity index (χ2v) is 6.24. The second kappa shape index (κ2) is 8.28. The minimum atomic E-state index is 0.266. The van der Waals surface area contributed by atoms with Crippen LogP contribution in [0.15, 0.2) is 18.2 Å². The van der Waals surface area contributed by atoms with Gasteiger partial charge in [-0.3, -0.25) is 0 Å². The smallest absolute Gasteiger partial charge is 0.160 e. The average molecular weight is 293 g/mol. The third kappa shape index (κ3) is 4.92. The molecule has 0 aliphatic rings. The molecule has 3 heteroatoms. The van der Waals surface area contributed by atoms with E-state index in [1.165, 1.54) is 5.56 Å². The fraction of sp³-hybridized carbons (Fsp3) is 0.667. The highest BCUT2D eigenvalue weighted by Gasteiger charge is 2.27. The molecule has 0 aromatic heterocycles. The van der Waals surface area contributed by atoms with Crippen molar-refractivity contribution in [3.63, 3.8) is 0 Å². The SMILES string of the molecule is CCCNC(Cc1ccc(OC)c(OC)c1)C(C)(C)CC. The topological polar surface area (TPSA) is 30.5 Å². The number of hydrogen-bond donors (Lipinski definition) is 1. The molecule has 1 N–H and O–H groups in total. The molecule has 1 aromatic carbocycles. The molecule has 3 nitrogen and oxygen atoms in total. The largest absolute Gasteiger partial charge is 0.493 e. The van der Waals surface area contributed by atoms with Crippen LogP contribution >= 0.6 is 0 Å². The maximum atomic E-state index is 5.41. The number of nitrogens with one attached hydrogen (secondary N) is 1. The van der Waals surface area contributed by atoms with Gasteiger partial charge >= 0.3 is 0 Å². The third-order valence-corrected chi connectivity index (χ3v) is 4.38. The molecule has 0 saturated heterocycles. The summed E-state index contributed by atoms with van der Waals surface area (Å²) in [4.78, 5) is 0. The standard InChI is InChI=1S/C18H31NO2/c1-7-11-19-17(18(3,4)8-2)13-14-9-10-15(20-5)16(12-14)21-6/h9-10,12,17,19H,7-8,11,13H2,1-6H3. The van der Waals surface area contributed by atoms with Gasteiger partial charge in [-0.1, -0.05) is 33.8 Å². The molecule has 21 heavy (non-hydrogen) atoms. The zero-order valence-corrected chi connectivity index (χ0v) is 14.5. The first kappa shape index (κ1) is 17.8. The summed E-state index contributed by atoms with van der Waals surface area (Å²) in [5.74, 6) is 1.59. The number of rotatable bonds is 9. The van der Waals surface area contributed by atoms with Crippen molar-refractivity contribution < 1.29 is 9.47 Å². The lowest BCUT2D eigenvalue weighted by Crippen LogP contribution is -2.43. The highest BCUT2D eigenvalue weighted by atomic mass is 16.5. The number of benzene rings is 1. The zero-order chi connectivity index (χ0) is 15.9. The van der Waals surface area contributed by atoms with Crippen molar-refractivity contribution in [1.29, 1.82) is 0 Å². The van der Waals surface area contributed by atoms with E-state index in [0.717, 1.165) is 37.3 Å². The lowest BCUT2D eigenvalue weighted by molar-refractivity contribution is 0.230. The minimum absolute atomic E-state index is 0.266. The molecule has 0 amide bonds. The van der Waals surface area contributed by atoms with Crippen LogP contribution in [0, 0.1) is 5.41 Å². The van der Waals surface area contributed by atoms with Gasteiger partial charge in [-0.15, -0.1) is 0 Å². The minimum Gasteiger partial charge on any atom is -0.493 e. The van der Waals surface area contributed by atoms with Crippen molar-refractivity contribution >= 4 is 0 Å². The quantitative estimate of drug-likeness (QED) is 0.745. The molecule has 1 rings (SSSR count). The van der Waals surface area contributed by atoms with E-state index < -0.39 is 0 Å². The van der Waals surface area contributed by atoms with Crippen molar-refractivity contribution in [2.75, 3.05) is 20.8 Å². The van der Waals surface area contributed by atoms with Gasteiger partial charge in [-0.2, -0.15) is 0 Å². The van der Waals surface area contributed by atoms with E-state index in [9.17, 15) is 0 Å². The molecule has 0 fully saturated rings. The molecule has 0 bridgehead atoms. The molecule has 0 aliphatic heterocycles. The molecule has 1 atom stereocenters. The van der Waals surface area contributed by atoms with Crippen molar-refractivity contribution in [1.82, 2.24) is 5.32 Å². The summed E-state index contributed by atoms with van der Waals surface area (Å²) >= 11 is 0. The van der Waals surface area contributed by atoms with Crippen molar-refractivity contribution in [2.24, 2.45) is 5.41 Å². The Kier molecular flexibility index (Phi) is 7.03. The van der Waals surface area contributed by atoms with Crippen molar-refractivity contribution in [3.05, 3.63) is 23.8 Å². The van der Waals surface area contributed by atoms with E-state index in [2.05, 4.69) is 45.1 Å². The van der Waals surface area contributed by atoms with Crippen LogP contribution in [0.2, 0.25) is 0 Å². The highest BCUT2D eigenvalue weighted by molar-refractivity contribution is 5.43. The predicted molar refractivity (Wildman–Crippen MR) is 89.4 cm³/mol. The Morgan fingerprint density at radius 1 is 1.10 bits per heavy atom. The molecule has 0 aliphatic carbocycles. The number of methoxy groups -OCH3 is 2. The monoisotopic (exact) mass is 293 g/mol. The van der Waals surface area contributed by atoms with Gasteiger partial charge in [-0.25, -0.2) is 0 Å². The van der Waals surface area contributed by atoms with E-state index in [4.69, 9.17) is 9.47 Å². The molecule has 120 valence electrons. The molecular weight excluding hydrogens is 262 g/mol. The van der Waals surface area contributed by atoms with Gasteiger partial charge in [0.15, 0.2) is 11.5 Å². The van der Waals surface area contributed by atoms with Gasteiger partial charge in [0.25, 0.3) is 0 Å². The third-order valence-electron chi connectivity index (χ3n) is 4.38. The van der Waals surface area contributed by atoms with Crippen LogP contribution in [0.1, 0.15) is 46.1 Å². The van der Waals surface area contributed by atoms with Crippen molar-refractivity contribution in [2.45, 2.75) is 53.0 Å². The summed E-state index contributed by atoms with van der Waals surface area (Å²) < 4.78 is 10.7. The van der Waals surface area contributed by atoms with Gasteiger partial charge < -0.3 is 14.8 Å². The van der Waals surface area contributed by atoms with Crippen LogP contribution in [0.4, 0.5) is 0 Å². The van der Waals surface area contributed by atoms with Crippen molar-refractivity contribution in [3.8, 4) is 11.5 Å². The maximum absolute atomic E-state index is 5.41. The van der Waals surface area contributed by atoms with Gasteiger partial charge in [0.1, 0.15) is 0 Å². The summed E-state index contributed by atoms with van der Waals surface area (Å²) in [5, 5.41) is 3.70. The molecule has 1 aromatic rings. The van der Waals surface area contributed by atoms with Gasteiger partial charge in [0.05, 0.1) is 14.2 Å². The summed E-state index contributed by atoms with van der Waals surface area (Å²) in [6.07, 6.45) is 3.31. The first-order valence-corrected chi connectivity index (χ1v) is 7.92. The van der Waals surface area contributed by atoms with Crippen LogP contribution in [0.5, 0.6) is 11.5 Å². The summed E-state index contributed by atoms with van der Waals surface area (Å²) in [6, 6.07) is 6.67. The fourth-order valence-corrected chi connectivity index (χ4v) is 2.43. The van der Waals surface area contributed by atoms with E-state index in [-0.39, 0.29) is 5.41 Å². The Balaban J connectivity index is 2.92. The van der Waals surface area contributed by atoms with Gasteiger partial charge in [0, 0.05) is 6.04 Å². The van der Waals surface area contributed by atoms with Crippen LogP contribution in [-0.4, -0.2) is 26.8 Å². The zero-order valence-electron chi connectivity index (χ0n) is 14.5. The highest BCUT2D eigenvalue weighted by Crippen LogP contribution is 2.31. The molecule has 0 radical (unpaired) electrons. The summed E-state index contributed by atoms with van der Waals surface area (Å²) in [5.41, 5.74) is 1.55. The maximum Gasteiger partial charge on any atom is 0.160 e. The first-order chi connectivity index (χ1) is 9.98. The summed E-state index contributed by atoms with van der Waals surface area (Å²) in [7, 11) is 3.35. The molecule has 0 spiro atoms. The second-order valence-electron chi connectivity index (χ2n) is 6.24. The van der Waals surface area contributed by atoms with Gasteiger partial charge in [-0.05, 0) is 48.9 Å². The van der Waals surface area contributed by atoms with Crippen LogP contribution in [0.25, 0.3) is 0 Å².